The molecule has 1 aliphatic rings. The lowest BCUT2D eigenvalue weighted by Crippen LogP contribution is -2.38. The summed E-state index contributed by atoms with van der Waals surface area (Å²) in [5, 5.41) is 11.1. The average Bonchev–Trinajstić information content (AvgIpc) is 3.14. The van der Waals surface area contributed by atoms with Gasteiger partial charge in [0.05, 0.1) is 5.69 Å². The third-order valence-electron chi connectivity index (χ3n) is 4.59. The molecule has 3 rings (SSSR count). The molecule has 1 atom stereocenters. The van der Waals surface area contributed by atoms with Crippen LogP contribution in [-0.4, -0.2) is 49.6 Å². The number of carbonyl (C=O) groups is 2. The third-order valence-corrected chi connectivity index (χ3v) is 6.16. The fraction of sp³-hybridized carbons (Fsp3) is 0.222. The summed E-state index contributed by atoms with van der Waals surface area (Å²) in [5.41, 5.74) is 5.00. The highest BCUT2D eigenvalue weighted by Gasteiger charge is 2.30. The number of nitrogens with zero attached hydrogens (tertiary/aromatic N) is 1. The Morgan fingerprint density at radius 3 is 2.35 bits per heavy atom. The molecule has 31 heavy (non-hydrogen) atoms. The molecule has 0 unspecified atom stereocenters. The van der Waals surface area contributed by atoms with Crippen molar-refractivity contribution in [1.82, 2.24) is 9.62 Å². The van der Waals surface area contributed by atoms with Crippen molar-refractivity contribution in [3.05, 3.63) is 53.3 Å². The standard InChI is InChI=1S/C18H17F3N4O5S/c19-12-6-11(7-13(20)16(12)21)23-17(26)9-1-2-14(22)15(5-9)31(29,30)24-10-3-4-25(8-10)18(27)28/h1-2,5-7,10,24H,3-4,8,22H2,(H,23,26)(H,27,28)/t10-/m0/s1. The minimum absolute atomic E-state index is 0.0453. The van der Waals surface area contributed by atoms with Gasteiger partial charge < -0.3 is 21.1 Å². The molecule has 0 radical (unpaired) electrons. The molecule has 0 saturated carbocycles. The fourth-order valence-electron chi connectivity index (χ4n) is 3.05. The number of likely N-dealkylation sites (tertiary alicyclic amines) is 1. The molecule has 0 aliphatic carbocycles. The molecule has 0 spiro atoms. The zero-order chi connectivity index (χ0) is 22.9. The predicted molar refractivity (Wildman–Crippen MR) is 103 cm³/mol. The Kier molecular flexibility index (Phi) is 6.08. The number of anilines is 2. The van der Waals surface area contributed by atoms with E-state index in [0.717, 1.165) is 17.0 Å². The quantitative estimate of drug-likeness (QED) is 0.399. The molecule has 2 aromatic rings. The van der Waals surface area contributed by atoms with Gasteiger partial charge in [0.1, 0.15) is 4.90 Å². The van der Waals surface area contributed by atoms with Gasteiger partial charge in [-0.3, -0.25) is 4.79 Å². The summed E-state index contributed by atoms with van der Waals surface area (Å²) in [6.07, 6.45) is -0.915. The molecular formula is C18H17F3N4O5S. The molecule has 1 aliphatic heterocycles. The Bertz CT molecular complexity index is 1140. The SMILES string of the molecule is Nc1ccc(C(=O)Nc2cc(F)c(F)c(F)c2)cc1S(=O)(=O)N[C@H]1CCN(C(=O)O)C1. The number of hydrogen-bond donors (Lipinski definition) is 4. The lowest BCUT2D eigenvalue weighted by Gasteiger charge is -2.16. The van der Waals surface area contributed by atoms with Crippen LogP contribution >= 0.6 is 0 Å². The van der Waals surface area contributed by atoms with Crippen LogP contribution in [-0.2, 0) is 10.0 Å². The van der Waals surface area contributed by atoms with E-state index in [9.17, 15) is 31.2 Å². The van der Waals surface area contributed by atoms with E-state index >= 15 is 0 Å². The van der Waals surface area contributed by atoms with E-state index in [1.807, 2.05) is 0 Å². The first kappa shape index (κ1) is 22.4. The number of hydrogen-bond acceptors (Lipinski definition) is 5. The summed E-state index contributed by atoms with van der Waals surface area (Å²) >= 11 is 0. The van der Waals surface area contributed by atoms with E-state index in [4.69, 9.17) is 10.8 Å². The summed E-state index contributed by atoms with van der Waals surface area (Å²) in [7, 11) is -4.22. The van der Waals surface area contributed by atoms with Gasteiger partial charge in [0.25, 0.3) is 5.91 Å². The van der Waals surface area contributed by atoms with Crippen LogP contribution in [0.25, 0.3) is 0 Å². The maximum atomic E-state index is 13.3. The molecule has 0 aromatic heterocycles. The predicted octanol–water partition coefficient (Wildman–Crippen LogP) is 1.97. The Balaban J connectivity index is 1.81. The molecule has 1 fully saturated rings. The zero-order valence-corrected chi connectivity index (χ0v) is 16.5. The molecule has 13 heteroatoms. The fourth-order valence-corrected chi connectivity index (χ4v) is 4.47. The molecule has 0 bridgehead atoms. The highest BCUT2D eigenvalue weighted by Crippen LogP contribution is 2.23. The van der Waals surface area contributed by atoms with Crippen LogP contribution in [0.5, 0.6) is 0 Å². The second-order valence-corrected chi connectivity index (χ2v) is 8.48. The van der Waals surface area contributed by atoms with Crippen molar-refractivity contribution in [2.24, 2.45) is 0 Å². The Morgan fingerprint density at radius 1 is 1.13 bits per heavy atom. The first-order valence-corrected chi connectivity index (χ1v) is 10.3. The van der Waals surface area contributed by atoms with Gasteiger partial charge in [0.15, 0.2) is 17.5 Å². The molecule has 1 saturated heterocycles. The minimum Gasteiger partial charge on any atom is -0.465 e. The second kappa shape index (κ2) is 8.43. The lowest BCUT2D eigenvalue weighted by molar-refractivity contribution is 0.102. The molecule has 2 amide bonds. The van der Waals surface area contributed by atoms with Crippen molar-refractivity contribution in [3.8, 4) is 0 Å². The van der Waals surface area contributed by atoms with Gasteiger partial charge in [-0.15, -0.1) is 0 Å². The van der Waals surface area contributed by atoms with Crippen molar-refractivity contribution in [3.63, 3.8) is 0 Å². The largest absolute Gasteiger partial charge is 0.465 e. The molecule has 5 N–H and O–H groups in total. The smallest absolute Gasteiger partial charge is 0.407 e. The zero-order valence-electron chi connectivity index (χ0n) is 15.7. The monoisotopic (exact) mass is 458 g/mol. The van der Waals surface area contributed by atoms with Crippen LogP contribution in [0.4, 0.5) is 29.3 Å². The van der Waals surface area contributed by atoms with E-state index < -0.39 is 50.4 Å². The molecular weight excluding hydrogens is 441 g/mol. The van der Waals surface area contributed by atoms with E-state index in [-0.39, 0.29) is 36.4 Å². The summed E-state index contributed by atoms with van der Waals surface area (Å²) in [6, 6.07) is 3.79. The van der Waals surface area contributed by atoms with Crippen molar-refractivity contribution in [2.75, 3.05) is 24.1 Å². The molecule has 2 aromatic carbocycles. The van der Waals surface area contributed by atoms with E-state index in [0.29, 0.717) is 12.1 Å². The summed E-state index contributed by atoms with van der Waals surface area (Å²) in [5.74, 6) is -5.63. The number of nitrogen functional groups attached to an aromatic ring is 1. The van der Waals surface area contributed by atoms with Crippen LogP contribution in [0.3, 0.4) is 0 Å². The highest BCUT2D eigenvalue weighted by molar-refractivity contribution is 7.89. The minimum atomic E-state index is -4.22. The number of benzene rings is 2. The van der Waals surface area contributed by atoms with Crippen LogP contribution < -0.4 is 15.8 Å². The summed E-state index contributed by atoms with van der Waals surface area (Å²) < 4.78 is 67.5. The second-order valence-electron chi connectivity index (χ2n) is 6.80. The number of sulfonamides is 1. The highest BCUT2D eigenvalue weighted by atomic mass is 32.2. The van der Waals surface area contributed by atoms with Gasteiger partial charge in [-0.2, -0.15) is 0 Å². The maximum Gasteiger partial charge on any atom is 0.407 e. The Morgan fingerprint density at radius 2 is 1.77 bits per heavy atom. The van der Waals surface area contributed by atoms with Crippen molar-refractivity contribution < 1.29 is 36.3 Å². The molecule has 1 heterocycles. The van der Waals surface area contributed by atoms with E-state index in [2.05, 4.69) is 10.0 Å². The number of nitrogens with one attached hydrogen (secondary N) is 2. The van der Waals surface area contributed by atoms with E-state index in [1.54, 1.807) is 0 Å². The Hall–Kier alpha value is -3.32. The normalized spacial score (nSPS) is 16.4. The summed E-state index contributed by atoms with van der Waals surface area (Å²) in [6.45, 7) is 0.113. The molecule has 166 valence electrons. The number of halogens is 3. The first-order chi connectivity index (χ1) is 14.5. The van der Waals surface area contributed by atoms with Crippen LogP contribution in [0.1, 0.15) is 16.8 Å². The van der Waals surface area contributed by atoms with Gasteiger partial charge in [-0.05, 0) is 24.6 Å². The van der Waals surface area contributed by atoms with Gasteiger partial charge >= 0.3 is 6.09 Å². The van der Waals surface area contributed by atoms with Crippen molar-refractivity contribution in [2.45, 2.75) is 17.4 Å². The van der Waals surface area contributed by atoms with Gasteiger partial charge in [-0.1, -0.05) is 0 Å². The average molecular weight is 458 g/mol. The number of nitrogens with two attached hydrogens (primary N) is 1. The van der Waals surface area contributed by atoms with Gasteiger partial charge in [0.2, 0.25) is 10.0 Å². The van der Waals surface area contributed by atoms with Crippen molar-refractivity contribution in [1.29, 1.82) is 0 Å². The molecule has 9 nitrogen and oxygen atoms in total. The van der Waals surface area contributed by atoms with Crippen molar-refractivity contribution >= 4 is 33.4 Å². The van der Waals surface area contributed by atoms with Crippen LogP contribution in [0, 0.1) is 17.5 Å². The van der Waals surface area contributed by atoms with E-state index in [1.165, 1.54) is 6.07 Å². The lowest BCUT2D eigenvalue weighted by atomic mass is 10.2. The maximum absolute atomic E-state index is 13.3. The number of rotatable bonds is 5. The van der Waals surface area contributed by atoms with Gasteiger partial charge in [0, 0.05) is 42.5 Å². The number of carboxylic acid groups (broad SMARTS) is 1. The third kappa shape index (κ3) is 4.88. The number of carbonyl (C=O) groups excluding carboxylic acids is 1. The number of amides is 2. The van der Waals surface area contributed by atoms with Crippen LogP contribution in [0.15, 0.2) is 35.2 Å². The topological polar surface area (TPSA) is 142 Å². The van der Waals surface area contributed by atoms with Crippen LogP contribution in [0.2, 0.25) is 0 Å². The summed E-state index contributed by atoms with van der Waals surface area (Å²) in [4.78, 5) is 24.0. The Labute approximate surface area is 174 Å². The first-order valence-electron chi connectivity index (χ1n) is 8.83. The van der Waals surface area contributed by atoms with Gasteiger partial charge in [-0.25, -0.2) is 31.1 Å².